The van der Waals surface area contributed by atoms with Gasteiger partial charge in [-0.2, -0.15) is 0 Å². The molecular formula is C18H30N3P. The molecule has 0 spiro atoms. The average Bonchev–Trinajstić information content (AvgIpc) is 2.44. The van der Waals surface area contributed by atoms with E-state index in [9.17, 15) is 0 Å². The van der Waals surface area contributed by atoms with Crippen molar-refractivity contribution >= 4 is 25.9 Å². The predicted octanol–water partition coefficient (Wildman–Crippen LogP) is 4.94. The highest BCUT2D eigenvalue weighted by atomic mass is 31.0. The SMILES string of the molecule is C=C=N/C(C)=C(/N=C(\C)C(=P)NC(CCC)CCC)C(=C)C. The Bertz CT molecular complexity index is 502. The first kappa shape index (κ1) is 20.7. The molecule has 0 aliphatic heterocycles. The zero-order valence-electron chi connectivity index (χ0n) is 14.7. The number of hydrogen-bond acceptors (Lipinski definition) is 2. The Labute approximate surface area is 138 Å². The van der Waals surface area contributed by atoms with Crippen molar-refractivity contribution in [3.05, 3.63) is 30.1 Å². The minimum atomic E-state index is 0.470. The van der Waals surface area contributed by atoms with Crippen LogP contribution in [0.2, 0.25) is 0 Å². The maximum Gasteiger partial charge on any atom is 0.0876 e. The Morgan fingerprint density at radius 1 is 1.18 bits per heavy atom. The van der Waals surface area contributed by atoms with Crippen LogP contribution >= 0.6 is 8.86 Å². The summed E-state index contributed by atoms with van der Waals surface area (Å²) >= 11 is 0. The quantitative estimate of drug-likeness (QED) is 0.345. The van der Waals surface area contributed by atoms with Crippen molar-refractivity contribution in [3.8, 4) is 0 Å². The molecule has 0 radical (unpaired) electrons. The van der Waals surface area contributed by atoms with Crippen LogP contribution < -0.4 is 5.32 Å². The van der Waals surface area contributed by atoms with Gasteiger partial charge in [0, 0.05) is 6.04 Å². The zero-order chi connectivity index (χ0) is 17.1. The van der Waals surface area contributed by atoms with Crippen LogP contribution in [-0.2, 0) is 0 Å². The average molecular weight is 319 g/mol. The maximum absolute atomic E-state index is 4.65. The van der Waals surface area contributed by atoms with E-state index < -0.39 is 0 Å². The van der Waals surface area contributed by atoms with Crippen LogP contribution in [0.15, 0.2) is 40.1 Å². The van der Waals surface area contributed by atoms with E-state index in [4.69, 9.17) is 0 Å². The molecule has 0 aromatic heterocycles. The van der Waals surface area contributed by atoms with E-state index in [1.807, 2.05) is 20.8 Å². The fourth-order valence-electron chi connectivity index (χ4n) is 2.17. The lowest BCUT2D eigenvalue weighted by Crippen LogP contribution is -2.37. The molecule has 3 nitrogen and oxygen atoms in total. The molecule has 0 heterocycles. The second kappa shape index (κ2) is 11.3. The molecule has 0 rings (SSSR count). The molecule has 1 N–H and O–H groups in total. The van der Waals surface area contributed by atoms with E-state index in [2.05, 4.69) is 57.0 Å². The fourth-order valence-corrected chi connectivity index (χ4v) is 2.43. The molecule has 0 saturated heterocycles. The smallest absolute Gasteiger partial charge is 0.0876 e. The van der Waals surface area contributed by atoms with Gasteiger partial charge in [0.15, 0.2) is 0 Å². The highest BCUT2D eigenvalue weighted by molar-refractivity contribution is 7.25. The summed E-state index contributed by atoms with van der Waals surface area (Å²) in [5.74, 6) is 2.54. The normalized spacial score (nSPS) is 12.7. The van der Waals surface area contributed by atoms with E-state index in [1.54, 1.807) is 0 Å². The van der Waals surface area contributed by atoms with E-state index in [-0.39, 0.29) is 0 Å². The zero-order valence-corrected chi connectivity index (χ0v) is 15.7. The summed E-state index contributed by atoms with van der Waals surface area (Å²) in [5.41, 5.74) is 4.20. The van der Waals surface area contributed by atoms with Crippen molar-refractivity contribution in [2.24, 2.45) is 9.98 Å². The summed E-state index contributed by atoms with van der Waals surface area (Å²) in [6, 6.07) is 0.470. The summed E-state index contributed by atoms with van der Waals surface area (Å²) in [5, 5.41) is 3.52. The van der Waals surface area contributed by atoms with Gasteiger partial charge < -0.3 is 0 Å². The Morgan fingerprint density at radius 3 is 2.14 bits per heavy atom. The highest BCUT2D eigenvalue weighted by Crippen LogP contribution is 2.16. The monoisotopic (exact) mass is 319 g/mol. The van der Waals surface area contributed by atoms with Crippen LogP contribution in [0, 0.1) is 0 Å². The number of allylic oxidation sites excluding steroid dienone is 2. The summed E-state index contributed by atoms with van der Waals surface area (Å²) in [6.07, 6.45) is 4.63. The first-order valence-electron chi connectivity index (χ1n) is 7.87. The fraction of sp³-hybridized carbons (Fsp3) is 0.556. The number of nitrogens with one attached hydrogen (secondary N) is 1. The molecule has 0 saturated carbocycles. The first-order valence-corrected chi connectivity index (χ1v) is 8.37. The van der Waals surface area contributed by atoms with Crippen molar-refractivity contribution in [1.82, 2.24) is 5.32 Å². The molecule has 0 aliphatic carbocycles. The van der Waals surface area contributed by atoms with Crippen molar-refractivity contribution in [3.63, 3.8) is 0 Å². The molecule has 0 unspecified atom stereocenters. The van der Waals surface area contributed by atoms with Gasteiger partial charge in [0.25, 0.3) is 0 Å². The van der Waals surface area contributed by atoms with Gasteiger partial charge in [0.1, 0.15) is 0 Å². The van der Waals surface area contributed by atoms with Gasteiger partial charge in [0.2, 0.25) is 0 Å². The molecule has 0 atom stereocenters. The van der Waals surface area contributed by atoms with Crippen LogP contribution in [0.25, 0.3) is 0 Å². The molecule has 0 bridgehead atoms. The highest BCUT2D eigenvalue weighted by Gasteiger charge is 2.11. The van der Waals surface area contributed by atoms with Crippen LogP contribution in [0.1, 0.15) is 60.3 Å². The molecule has 0 aromatic rings. The molecular weight excluding hydrogens is 289 g/mol. The van der Waals surface area contributed by atoms with E-state index in [0.29, 0.717) is 6.04 Å². The van der Waals surface area contributed by atoms with Crippen LogP contribution in [0.3, 0.4) is 0 Å². The summed E-state index contributed by atoms with van der Waals surface area (Å²) in [4.78, 5) is 8.74. The van der Waals surface area contributed by atoms with E-state index in [1.165, 1.54) is 0 Å². The van der Waals surface area contributed by atoms with Gasteiger partial charge in [-0.25, -0.2) is 9.98 Å². The second-order valence-electron chi connectivity index (χ2n) is 5.48. The lowest BCUT2D eigenvalue weighted by atomic mass is 10.1. The number of aliphatic imine (C=N–C) groups is 2. The molecule has 0 aromatic carbocycles. The molecule has 0 amide bonds. The van der Waals surface area contributed by atoms with Gasteiger partial charge in [-0.1, -0.05) is 42.1 Å². The molecule has 0 aliphatic rings. The van der Waals surface area contributed by atoms with Crippen LogP contribution in [0.5, 0.6) is 0 Å². The lowest BCUT2D eigenvalue weighted by Gasteiger charge is -2.19. The van der Waals surface area contributed by atoms with Crippen molar-refractivity contribution in [1.29, 1.82) is 0 Å². The number of hydrogen-bond donors (Lipinski definition) is 1. The van der Waals surface area contributed by atoms with Crippen molar-refractivity contribution in [2.75, 3.05) is 0 Å². The molecule has 0 fully saturated rings. The van der Waals surface area contributed by atoms with Gasteiger partial charge >= 0.3 is 0 Å². The number of nitrogens with zero attached hydrogens (tertiary/aromatic N) is 2. The van der Waals surface area contributed by atoms with Crippen LogP contribution in [-0.4, -0.2) is 23.0 Å². The van der Waals surface area contributed by atoms with Crippen molar-refractivity contribution < 1.29 is 0 Å². The minimum Gasteiger partial charge on any atom is -0.281 e. The Morgan fingerprint density at radius 2 is 1.73 bits per heavy atom. The molecule has 4 heteroatoms. The summed E-state index contributed by atoms with van der Waals surface area (Å²) in [6.45, 7) is 17.7. The van der Waals surface area contributed by atoms with Gasteiger partial charge in [-0.05, 0) is 51.6 Å². The molecule has 22 heavy (non-hydrogen) atoms. The topological polar surface area (TPSA) is 36.8 Å². The van der Waals surface area contributed by atoms with Gasteiger partial charge in [-0.15, -0.1) is 0 Å². The Balaban J connectivity index is 5.23. The van der Waals surface area contributed by atoms with E-state index in [0.717, 1.165) is 53.8 Å². The largest absolute Gasteiger partial charge is 0.281 e. The summed E-state index contributed by atoms with van der Waals surface area (Å²) in [7, 11) is 3.67. The van der Waals surface area contributed by atoms with Crippen molar-refractivity contribution in [2.45, 2.75) is 66.3 Å². The van der Waals surface area contributed by atoms with Gasteiger partial charge in [0.05, 0.1) is 22.5 Å². The lowest BCUT2D eigenvalue weighted by molar-refractivity contribution is 0.513. The Kier molecular flexibility index (Phi) is 10.7. The third-order valence-electron chi connectivity index (χ3n) is 3.26. The first-order chi connectivity index (χ1) is 10.4. The van der Waals surface area contributed by atoms with E-state index >= 15 is 0 Å². The standard InChI is InChI=1S/C18H30N3P/c1-8-11-16(12-9-2)21-18(22)15(7)20-17(13(4)5)14(6)19-10-3/h16,21-22H,3-4,8-9,11-12H2,1-2,5-7H3/b17-14+,20-15+. The number of rotatable bonds is 10. The minimum absolute atomic E-state index is 0.470. The second-order valence-corrected chi connectivity index (χ2v) is 5.98. The van der Waals surface area contributed by atoms with Crippen LogP contribution in [0.4, 0.5) is 0 Å². The predicted molar refractivity (Wildman–Crippen MR) is 104 cm³/mol. The third kappa shape index (κ3) is 7.66. The summed E-state index contributed by atoms with van der Waals surface area (Å²) < 4.78 is 0. The Hall–Kier alpha value is -1.27. The van der Waals surface area contributed by atoms with Gasteiger partial charge in [-0.3, -0.25) is 5.32 Å². The maximum atomic E-state index is 4.65. The molecule has 122 valence electrons. The third-order valence-corrected chi connectivity index (χ3v) is 3.76.